The smallest absolute Gasteiger partial charge is 0.385 e. The highest BCUT2D eigenvalue weighted by Crippen LogP contribution is 2.33. The Bertz CT molecular complexity index is 2730. The van der Waals surface area contributed by atoms with Gasteiger partial charge >= 0.3 is 6.18 Å². The van der Waals surface area contributed by atoms with Gasteiger partial charge in [-0.3, -0.25) is 19.2 Å². The number of benzene rings is 4. The number of alkyl halides is 3. The number of fused-ring (bicyclic) bond motifs is 1. The number of aromatic amines is 1. The Balaban J connectivity index is 0.905. The summed E-state index contributed by atoms with van der Waals surface area (Å²) in [4.78, 5) is 54.5. The van der Waals surface area contributed by atoms with E-state index in [0.717, 1.165) is 19.1 Å². The van der Waals surface area contributed by atoms with Crippen LogP contribution >= 0.6 is 0 Å². The molecule has 4 aromatic carbocycles. The average molecular weight is 889 g/mol. The highest BCUT2D eigenvalue weighted by atomic mass is 32.2. The Hall–Kier alpha value is -6.45. The number of Topliss-reactive ketones (excluding diaryl/α,β-unsaturated/α-hetero) is 1. The molecule has 3 N–H and O–H groups in total. The molecule has 1 unspecified atom stereocenters. The second-order valence-electron chi connectivity index (χ2n) is 15.6. The van der Waals surface area contributed by atoms with Crippen LogP contribution in [0.25, 0.3) is 10.8 Å². The number of nitrogens with zero attached hydrogens (tertiary/aromatic N) is 4. The van der Waals surface area contributed by atoms with Crippen molar-refractivity contribution in [3.63, 3.8) is 0 Å². The maximum atomic E-state index is 14.9. The molecule has 0 bridgehead atoms. The number of aliphatic hydroxyl groups is 1. The number of amides is 2. The van der Waals surface area contributed by atoms with Crippen LogP contribution in [-0.2, 0) is 38.4 Å². The predicted octanol–water partition coefficient (Wildman–Crippen LogP) is 5.84. The zero-order chi connectivity index (χ0) is 45.5. The van der Waals surface area contributed by atoms with Crippen LogP contribution in [0.5, 0.6) is 0 Å². The van der Waals surface area contributed by atoms with Gasteiger partial charge in [0.2, 0.25) is 5.91 Å². The number of hydrogen-bond donors (Lipinski definition) is 3. The van der Waals surface area contributed by atoms with Gasteiger partial charge in [-0.25, -0.2) is 17.9 Å². The lowest BCUT2D eigenvalue weighted by Gasteiger charge is -2.35. The Morgan fingerprint density at radius 2 is 1.56 bits per heavy atom. The van der Waals surface area contributed by atoms with Crippen LogP contribution in [0.4, 0.5) is 23.2 Å². The summed E-state index contributed by atoms with van der Waals surface area (Å²) < 4.78 is 81.3. The molecule has 63 heavy (non-hydrogen) atoms. The van der Waals surface area contributed by atoms with Crippen molar-refractivity contribution in [1.82, 2.24) is 20.0 Å². The summed E-state index contributed by atoms with van der Waals surface area (Å²) in [5.41, 5.74) is -2.98. The topological polar surface area (TPSA) is 194 Å². The van der Waals surface area contributed by atoms with Crippen molar-refractivity contribution in [2.75, 3.05) is 43.8 Å². The fourth-order valence-electron chi connectivity index (χ4n) is 7.37. The standard InChI is InChI=1S/C45H44F4N6O7S/c1-44(60,40(56)26-30-10-12-31(27-50)37(24-30)45(47,48)49)28-63(61,62)33-15-13-32(14-16-33)51-18-6-2-3-9-41(57)54-19-21-55(22-20-54)43(59)36-23-29(11-17-38(36)46)25-39-34-7-4-5-8-35(34)42(58)53-52-39/h4-5,7-8,10-17,23-24,51,60H,2-3,6,9,18-22,25-26,28H2,1H3,(H,53,58). The van der Waals surface area contributed by atoms with E-state index >= 15 is 0 Å². The van der Waals surface area contributed by atoms with Crippen LogP contribution in [0.1, 0.15) is 70.9 Å². The lowest BCUT2D eigenvalue weighted by atomic mass is 9.94. The van der Waals surface area contributed by atoms with Crippen molar-refractivity contribution in [3.05, 3.63) is 135 Å². The van der Waals surface area contributed by atoms with Crippen molar-refractivity contribution in [2.24, 2.45) is 0 Å². The van der Waals surface area contributed by atoms with E-state index in [-0.39, 0.29) is 47.0 Å². The van der Waals surface area contributed by atoms with Crippen LogP contribution < -0.4 is 10.9 Å². The zero-order valence-electron chi connectivity index (χ0n) is 34.2. The first kappa shape index (κ1) is 46.1. The van der Waals surface area contributed by atoms with Gasteiger partial charge in [0.1, 0.15) is 11.4 Å². The molecule has 1 atom stereocenters. The summed E-state index contributed by atoms with van der Waals surface area (Å²) in [7, 11) is -4.21. The minimum atomic E-state index is -4.85. The molecule has 0 aliphatic carbocycles. The minimum Gasteiger partial charge on any atom is -0.385 e. The Morgan fingerprint density at radius 3 is 2.24 bits per heavy atom. The number of carbonyl (C=O) groups is 3. The number of carbonyl (C=O) groups excluding carboxylic acids is 3. The van der Waals surface area contributed by atoms with Gasteiger partial charge in [0.05, 0.1) is 44.5 Å². The Labute approximate surface area is 360 Å². The second-order valence-corrected chi connectivity index (χ2v) is 17.6. The number of aromatic nitrogens is 2. The fraction of sp³-hybridized carbons (Fsp3) is 0.333. The van der Waals surface area contributed by atoms with E-state index in [1.807, 2.05) is 0 Å². The predicted molar refractivity (Wildman–Crippen MR) is 225 cm³/mol. The third-order valence-electron chi connectivity index (χ3n) is 10.9. The lowest BCUT2D eigenvalue weighted by molar-refractivity contribution is -0.138. The van der Waals surface area contributed by atoms with Gasteiger partial charge in [-0.05, 0) is 85.5 Å². The van der Waals surface area contributed by atoms with Gasteiger partial charge in [0.15, 0.2) is 15.6 Å². The van der Waals surface area contributed by atoms with E-state index < -0.39 is 62.4 Å². The van der Waals surface area contributed by atoms with Crippen molar-refractivity contribution < 1.29 is 45.5 Å². The molecule has 1 aliphatic heterocycles. The van der Waals surface area contributed by atoms with E-state index in [4.69, 9.17) is 5.26 Å². The lowest BCUT2D eigenvalue weighted by Crippen LogP contribution is -2.50. The third kappa shape index (κ3) is 11.3. The molecular formula is C45H44F4N6O7S. The van der Waals surface area contributed by atoms with Crippen LogP contribution in [0.3, 0.4) is 0 Å². The van der Waals surface area contributed by atoms with Gasteiger partial charge < -0.3 is 20.2 Å². The van der Waals surface area contributed by atoms with Crippen molar-refractivity contribution in [2.45, 2.75) is 62.1 Å². The van der Waals surface area contributed by atoms with Crippen LogP contribution in [0, 0.1) is 17.1 Å². The number of ketones is 1. The molecule has 0 radical (unpaired) electrons. The molecule has 330 valence electrons. The first-order valence-electron chi connectivity index (χ1n) is 20.1. The van der Waals surface area contributed by atoms with Gasteiger partial charge in [-0.15, -0.1) is 0 Å². The third-order valence-corrected chi connectivity index (χ3v) is 12.8. The SMILES string of the molecule is CC(O)(CS(=O)(=O)c1ccc(NCCCCCC(=O)N2CCN(C(=O)c3cc(Cc4n[nH]c(=O)c5ccccc45)ccc3F)CC2)cc1)C(=O)Cc1ccc(C#N)c(C(F)(F)F)c1. The van der Waals surface area contributed by atoms with Gasteiger partial charge in [0.25, 0.3) is 11.5 Å². The van der Waals surface area contributed by atoms with Crippen molar-refractivity contribution in [3.8, 4) is 6.07 Å². The molecule has 13 nitrogen and oxygen atoms in total. The molecule has 1 aromatic heterocycles. The van der Waals surface area contributed by atoms with E-state index in [2.05, 4.69) is 15.5 Å². The number of hydrogen-bond acceptors (Lipinski definition) is 10. The number of unbranched alkanes of at least 4 members (excludes halogenated alkanes) is 2. The van der Waals surface area contributed by atoms with Crippen LogP contribution in [-0.4, -0.2) is 95.2 Å². The average Bonchev–Trinajstić information content (AvgIpc) is 3.25. The summed E-state index contributed by atoms with van der Waals surface area (Å²) in [6, 6.07) is 21.1. The second kappa shape index (κ2) is 19.3. The highest BCUT2D eigenvalue weighted by Gasteiger charge is 2.38. The number of rotatable bonds is 16. The summed E-state index contributed by atoms with van der Waals surface area (Å²) in [6.45, 7) is 2.62. The number of nitrogens with one attached hydrogen (secondary N) is 2. The zero-order valence-corrected chi connectivity index (χ0v) is 35.0. The summed E-state index contributed by atoms with van der Waals surface area (Å²) >= 11 is 0. The normalized spacial score (nSPS) is 14.2. The van der Waals surface area contributed by atoms with Crippen molar-refractivity contribution in [1.29, 1.82) is 5.26 Å². The highest BCUT2D eigenvalue weighted by molar-refractivity contribution is 7.91. The van der Waals surface area contributed by atoms with E-state index in [0.29, 0.717) is 79.1 Å². The fourth-order valence-corrected chi connectivity index (χ4v) is 8.99. The van der Waals surface area contributed by atoms with Crippen LogP contribution in [0.2, 0.25) is 0 Å². The van der Waals surface area contributed by atoms with Gasteiger partial charge in [0, 0.05) is 63.1 Å². The summed E-state index contributed by atoms with van der Waals surface area (Å²) in [5, 5.41) is 30.8. The Morgan fingerprint density at radius 1 is 0.889 bits per heavy atom. The first-order valence-corrected chi connectivity index (χ1v) is 21.8. The number of nitriles is 1. The van der Waals surface area contributed by atoms with Gasteiger partial charge in [-0.1, -0.05) is 36.8 Å². The number of sulfone groups is 1. The summed E-state index contributed by atoms with van der Waals surface area (Å²) in [6.07, 6.45) is -2.94. The van der Waals surface area contributed by atoms with Crippen LogP contribution in [0.15, 0.2) is 94.6 Å². The number of anilines is 1. The first-order chi connectivity index (χ1) is 29.9. The molecule has 1 saturated heterocycles. The number of piperazine rings is 1. The van der Waals surface area contributed by atoms with Crippen molar-refractivity contribution >= 4 is 43.9 Å². The number of H-pyrrole nitrogens is 1. The van der Waals surface area contributed by atoms with E-state index in [1.54, 1.807) is 35.2 Å². The van der Waals surface area contributed by atoms with E-state index in [1.165, 1.54) is 47.4 Å². The molecule has 2 heterocycles. The van der Waals surface area contributed by atoms with Gasteiger partial charge in [-0.2, -0.15) is 23.5 Å². The molecule has 6 rings (SSSR count). The summed E-state index contributed by atoms with van der Waals surface area (Å²) in [5.74, 6) is -3.20. The maximum Gasteiger partial charge on any atom is 0.417 e. The molecule has 0 spiro atoms. The molecule has 1 fully saturated rings. The monoisotopic (exact) mass is 888 g/mol. The largest absolute Gasteiger partial charge is 0.417 e. The molecule has 2 amide bonds. The Kier molecular flexibility index (Phi) is 14.1. The van der Waals surface area contributed by atoms with E-state index in [9.17, 15) is 50.3 Å². The molecule has 18 heteroatoms. The minimum absolute atomic E-state index is 0.0498. The molecule has 0 saturated carbocycles. The molecular weight excluding hydrogens is 845 g/mol. The quantitative estimate of drug-likeness (QED) is 0.0801. The molecule has 1 aliphatic rings. The maximum absolute atomic E-state index is 14.9. The number of halogens is 4. The molecule has 5 aromatic rings.